The number of carbonyl (C=O) groups is 1. The van der Waals surface area contributed by atoms with E-state index >= 15 is 0 Å². The lowest BCUT2D eigenvalue weighted by atomic mass is 10.2. The zero-order valence-electron chi connectivity index (χ0n) is 12.1. The molecule has 1 unspecified atom stereocenters. The van der Waals surface area contributed by atoms with Gasteiger partial charge in [0.15, 0.2) is 0 Å². The monoisotopic (exact) mass is 265 g/mol. The molecule has 5 nitrogen and oxygen atoms in total. The largest absolute Gasteiger partial charge is 0.391 e. The standard InChI is InChI=1S/C14H23N3O2/c1-5-6-12(18)9-15-14(19)8-7-13-10(2)16-17(4)11(13)3/h7-8,12,18H,5-6,9H2,1-4H3,(H,15,19)/b8-7+. The maximum Gasteiger partial charge on any atom is 0.244 e. The van der Waals surface area contributed by atoms with Crippen LogP contribution in [0, 0.1) is 13.8 Å². The van der Waals surface area contributed by atoms with Crippen molar-refractivity contribution in [3.05, 3.63) is 23.0 Å². The molecule has 2 N–H and O–H groups in total. The van der Waals surface area contributed by atoms with Gasteiger partial charge in [-0.05, 0) is 26.3 Å². The molecule has 1 rings (SSSR count). The second kappa shape index (κ2) is 7.09. The predicted molar refractivity (Wildman–Crippen MR) is 75.6 cm³/mol. The molecule has 0 saturated carbocycles. The molecular formula is C14H23N3O2. The van der Waals surface area contributed by atoms with Gasteiger partial charge in [0, 0.05) is 30.9 Å². The third-order valence-corrected chi connectivity index (χ3v) is 3.10. The van der Waals surface area contributed by atoms with Crippen LogP contribution in [0.15, 0.2) is 6.08 Å². The quantitative estimate of drug-likeness (QED) is 0.762. The Labute approximate surface area is 114 Å². The Hall–Kier alpha value is -1.62. The van der Waals surface area contributed by atoms with Gasteiger partial charge in [0.1, 0.15) is 0 Å². The molecule has 0 spiro atoms. The molecule has 0 aliphatic carbocycles. The number of aliphatic hydroxyl groups excluding tert-OH is 1. The number of nitrogens with zero attached hydrogens (tertiary/aromatic N) is 2. The van der Waals surface area contributed by atoms with E-state index in [0.717, 1.165) is 23.4 Å². The molecule has 1 heterocycles. The number of aryl methyl sites for hydroxylation is 2. The van der Waals surface area contributed by atoms with Crippen LogP contribution in [0.4, 0.5) is 0 Å². The first kappa shape index (κ1) is 15.4. The number of nitrogens with one attached hydrogen (secondary N) is 1. The van der Waals surface area contributed by atoms with Crippen LogP contribution in [0.3, 0.4) is 0 Å². The Morgan fingerprint density at radius 1 is 1.53 bits per heavy atom. The Balaban J connectivity index is 2.54. The fraction of sp³-hybridized carbons (Fsp3) is 0.571. The topological polar surface area (TPSA) is 67.2 Å². The van der Waals surface area contributed by atoms with Crippen molar-refractivity contribution < 1.29 is 9.90 Å². The summed E-state index contributed by atoms with van der Waals surface area (Å²) >= 11 is 0. The minimum Gasteiger partial charge on any atom is -0.391 e. The molecule has 106 valence electrons. The zero-order chi connectivity index (χ0) is 14.4. The summed E-state index contributed by atoms with van der Waals surface area (Å²) in [5, 5.41) is 16.5. The number of carbonyl (C=O) groups excluding carboxylic acids is 1. The van der Waals surface area contributed by atoms with Crippen molar-refractivity contribution in [2.45, 2.75) is 39.7 Å². The Morgan fingerprint density at radius 3 is 2.74 bits per heavy atom. The van der Waals surface area contributed by atoms with Gasteiger partial charge in [-0.1, -0.05) is 13.3 Å². The van der Waals surface area contributed by atoms with Crippen molar-refractivity contribution in [2.24, 2.45) is 7.05 Å². The molecule has 0 bridgehead atoms. The molecule has 5 heteroatoms. The van der Waals surface area contributed by atoms with Crippen LogP contribution in [0.25, 0.3) is 6.08 Å². The molecule has 0 aliphatic rings. The van der Waals surface area contributed by atoms with E-state index in [9.17, 15) is 9.90 Å². The number of aromatic nitrogens is 2. The van der Waals surface area contributed by atoms with E-state index in [1.165, 1.54) is 6.08 Å². The summed E-state index contributed by atoms with van der Waals surface area (Å²) in [5.74, 6) is -0.196. The first-order valence-electron chi connectivity index (χ1n) is 6.59. The van der Waals surface area contributed by atoms with Crippen LogP contribution in [0.5, 0.6) is 0 Å². The molecule has 19 heavy (non-hydrogen) atoms. The van der Waals surface area contributed by atoms with E-state index in [2.05, 4.69) is 10.4 Å². The van der Waals surface area contributed by atoms with Crippen molar-refractivity contribution in [1.29, 1.82) is 0 Å². The van der Waals surface area contributed by atoms with Gasteiger partial charge in [-0.2, -0.15) is 5.10 Å². The third-order valence-electron chi connectivity index (χ3n) is 3.10. The smallest absolute Gasteiger partial charge is 0.244 e. The summed E-state index contributed by atoms with van der Waals surface area (Å²) in [6, 6.07) is 0. The number of amides is 1. The lowest BCUT2D eigenvalue weighted by Crippen LogP contribution is -2.30. The summed E-state index contributed by atoms with van der Waals surface area (Å²) in [4.78, 5) is 11.6. The van der Waals surface area contributed by atoms with Crippen LogP contribution >= 0.6 is 0 Å². The van der Waals surface area contributed by atoms with Crippen molar-refractivity contribution in [3.8, 4) is 0 Å². The number of aliphatic hydroxyl groups is 1. The van der Waals surface area contributed by atoms with Gasteiger partial charge in [-0.15, -0.1) is 0 Å². The highest BCUT2D eigenvalue weighted by molar-refractivity contribution is 5.92. The van der Waals surface area contributed by atoms with Gasteiger partial charge in [0.2, 0.25) is 5.91 Å². The van der Waals surface area contributed by atoms with Crippen molar-refractivity contribution in [2.75, 3.05) is 6.54 Å². The predicted octanol–water partition coefficient (Wildman–Crippen LogP) is 1.33. The third kappa shape index (κ3) is 4.52. The fourth-order valence-electron chi connectivity index (χ4n) is 1.90. The minimum atomic E-state index is -0.468. The summed E-state index contributed by atoms with van der Waals surface area (Å²) in [6.07, 6.45) is 4.38. The highest BCUT2D eigenvalue weighted by atomic mass is 16.3. The average Bonchev–Trinajstić information content (AvgIpc) is 2.59. The molecule has 1 atom stereocenters. The van der Waals surface area contributed by atoms with Gasteiger partial charge in [0.05, 0.1) is 11.8 Å². The van der Waals surface area contributed by atoms with Gasteiger partial charge >= 0.3 is 0 Å². The molecule has 1 aromatic rings. The highest BCUT2D eigenvalue weighted by Crippen LogP contribution is 2.13. The molecule has 1 aromatic heterocycles. The molecule has 0 aromatic carbocycles. The maximum atomic E-state index is 11.6. The number of rotatable bonds is 6. The van der Waals surface area contributed by atoms with Gasteiger partial charge in [-0.3, -0.25) is 9.48 Å². The molecule has 0 fully saturated rings. The summed E-state index contributed by atoms with van der Waals surface area (Å²) < 4.78 is 1.79. The highest BCUT2D eigenvalue weighted by Gasteiger charge is 2.07. The van der Waals surface area contributed by atoms with E-state index in [4.69, 9.17) is 0 Å². The van der Waals surface area contributed by atoms with E-state index in [0.29, 0.717) is 13.0 Å². The second-order valence-corrected chi connectivity index (χ2v) is 4.73. The Bertz CT molecular complexity index is 464. The van der Waals surface area contributed by atoms with E-state index < -0.39 is 6.10 Å². The molecule has 1 amide bonds. The summed E-state index contributed by atoms with van der Waals surface area (Å²) in [5.41, 5.74) is 2.88. The lowest BCUT2D eigenvalue weighted by Gasteiger charge is -2.08. The first-order chi connectivity index (χ1) is 8.95. The Morgan fingerprint density at radius 2 is 2.21 bits per heavy atom. The van der Waals surface area contributed by atoms with Crippen LogP contribution in [0.1, 0.15) is 36.7 Å². The van der Waals surface area contributed by atoms with Crippen LogP contribution in [0.2, 0.25) is 0 Å². The number of hydrogen-bond donors (Lipinski definition) is 2. The maximum absolute atomic E-state index is 11.6. The fourth-order valence-corrected chi connectivity index (χ4v) is 1.90. The average molecular weight is 265 g/mol. The van der Waals surface area contributed by atoms with Gasteiger partial charge in [0.25, 0.3) is 0 Å². The van der Waals surface area contributed by atoms with Crippen molar-refractivity contribution >= 4 is 12.0 Å². The van der Waals surface area contributed by atoms with E-state index in [1.807, 2.05) is 27.8 Å². The van der Waals surface area contributed by atoms with Gasteiger partial charge < -0.3 is 10.4 Å². The number of hydrogen-bond acceptors (Lipinski definition) is 3. The zero-order valence-corrected chi connectivity index (χ0v) is 12.1. The minimum absolute atomic E-state index is 0.196. The van der Waals surface area contributed by atoms with E-state index in [-0.39, 0.29) is 5.91 Å². The van der Waals surface area contributed by atoms with Crippen molar-refractivity contribution in [3.63, 3.8) is 0 Å². The molecule has 0 saturated heterocycles. The summed E-state index contributed by atoms with van der Waals surface area (Å²) in [7, 11) is 1.88. The van der Waals surface area contributed by atoms with Crippen LogP contribution < -0.4 is 5.32 Å². The lowest BCUT2D eigenvalue weighted by molar-refractivity contribution is -0.116. The van der Waals surface area contributed by atoms with E-state index in [1.54, 1.807) is 10.8 Å². The normalized spacial score (nSPS) is 12.9. The van der Waals surface area contributed by atoms with Crippen molar-refractivity contribution in [1.82, 2.24) is 15.1 Å². The van der Waals surface area contributed by atoms with Gasteiger partial charge in [-0.25, -0.2) is 0 Å². The first-order valence-corrected chi connectivity index (χ1v) is 6.59. The summed E-state index contributed by atoms with van der Waals surface area (Å²) in [6.45, 7) is 6.17. The van der Waals surface area contributed by atoms with Crippen LogP contribution in [-0.4, -0.2) is 33.4 Å². The second-order valence-electron chi connectivity index (χ2n) is 4.73. The molecule has 0 radical (unpaired) electrons. The SMILES string of the molecule is CCCC(O)CNC(=O)/C=C/c1c(C)nn(C)c1C. The molecule has 0 aliphatic heterocycles. The van der Waals surface area contributed by atoms with Crippen LogP contribution in [-0.2, 0) is 11.8 Å². The Kier molecular flexibility index (Phi) is 5.76. The molecular weight excluding hydrogens is 242 g/mol.